The number of halogens is 3. The van der Waals surface area contributed by atoms with Crippen LogP contribution < -0.4 is 15.0 Å². The Kier molecular flexibility index (Phi) is 5.63. The summed E-state index contributed by atoms with van der Waals surface area (Å²) >= 11 is 0. The van der Waals surface area contributed by atoms with Crippen LogP contribution in [-0.4, -0.2) is 59.9 Å². The third-order valence-corrected chi connectivity index (χ3v) is 3.95. The number of hydrogen-bond acceptors (Lipinski definition) is 5. The minimum Gasteiger partial charge on any atom is -0.484 e. The van der Waals surface area contributed by atoms with Crippen molar-refractivity contribution in [3.8, 4) is 5.75 Å². The lowest BCUT2D eigenvalue weighted by Gasteiger charge is -2.35. The molecule has 2 amide bonds. The smallest absolute Gasteiger partial charge is 0.422 e. The van der Waals surface area contributed by atoms with Gasteiger partial charge in [0.1, 0.15) is 11.6 Å². The molecule has 3 rings (SSSR count). The van der Waals surface area contributed by atoms with Crippen LogP contribution in [0.2, 0.25) is 0 Å². The first-order valence-corrected chi connectivity index (χ1v) is 8.27. The molecular formula is C17H18F3N5O2. The molecule has 10 heteroatoms. The first-order valence-electron chi connectivity index (χ1n) is 8.27. The molecule has 7 nitrogen and oxygen atoms in total. The lowest BCUT2D eigenvalue weighted by atomic mass is 10.3. The van der Waals surface area contributed by atoms with Crippen LogP contribution in [0, 0.1) is 0 Å². The second-order valence-electron chi connectivity index (χ2n) is 5.90. The molecule has 0 spiro atoms. The third kappa shape index (κ3) is 5.47. The molecule has 1 aliphatic heterocycles. The van der Waals surface area contributed by atoms with Gasteiger partial charge in [0.2, 0.25) is 0 Å². The Morgan fingerprint density at radius 3 is 2.41 bits per heavy atom. The fourth-order valence-corrected chi connectivity index (χ4v) is 2.60. The summed E-state index contributed by atoms with van der Waals surface area (Å²) in [5.74, 6) is 0.856. The van der Waals surface area contributed by atoms with Crippen molar-refractivity contribution in [2.75, 3.05) is 43.0 Å². The number of alkyl halides is 3. The molecular weight excluding hydrogens is 363 g/mol. The highest BCUT2D eigenvalue weighted by Crippen LogP contribution is 2.20. The molecule has 1 saturated heterocycles. The number of hydrogen-bond donors (Lipinski definition) is 1. The van der Waals surface area contributed by atoms with Gasteiger partial charge in [0, 0.05) is 44.3 Å². The number of ether oxygens (including phenoxy) is 1. The van der Waals surface area contributed by atoms with Gasteiger partial charge in [-0.05, 0) is 24.3 Å². The maximum Gasteiger partial charge on any atom is 0.422 e. The van der Waals surface area contributed by atoms with E-state index in [0.717, 1.165) is 5.82 Å². The first-order chi connectivity index (χ1) is 12.9. The van der Waals surface area contributed by atoms with Crippen LogP contribution in [0.15, 0.2) is 42.9 Å². The van der Waals surface area contributed by atoms with Crippen LogP contribution in [-0.2, 0) is 0 Å². The predicted octanol–water partition coefficient (Wildman–Crippen LogP) is 2.77. The zero-order valence-corrected chi connectivity index (χ0v) is 14.3. The molecule has 27 heavy (non-hydrogen) atoms. The number of piperazine rings is 1. The summed E-state index contributed by atoms with van der Waals surface area (Å²) in [7, 11) is 0. The van der Waals surface area contributed by atoms with Gasteiger partial charge in [0.15, 0.2) is 6.61 Å². The third-order valence-electron chi connectivity index (χ3n) is 3.95. The molecule has 0 saturated carbocycles. The van der Waals surface area contributed by atoms with Gasteiger partial charge >= 0.3 is 12.2 Å². The van der Waals surface area contributed by atoms with Crippen LogP contribution in [0.1, 0.15) is 0 Å². The number of rotatable bonds is 4. The molecule has 1 aromatic heterocycles. The fourth-order valence-electron chi connectivity index (χ4n) is 2.60. The first kappa shape index (κ1) is 18.7. The normalized spacial score (nSPS) is 14.8. The maximum absolute atomic E-state index is 12.3. The van der Waals surface area contributed by atoms with Gasteiger partial charge in [-0.25, -0.2) is 9.78 Å². The molecule has 144 valence electrons. The van der Waals surface area contributed by atoms with Crippen molar-refractivity contribution in [3.63, 3.8) is 0 Å². The van der Waals surface area contributed by atoms with Gasteiger partial charge < -0.3 is 19.9 Å². The van der Waals surface area contributed by atoms with Gasteiger partial charge in [0.25, 0.3) is 0 Å². The summed E-state index contributed by atoms with van der Waals surface area (Å²) in [6.45, 7) is 0.964. The van der Waals surface area contributed by atoms with Gasteiger partial charge in [-0.1, -0.05) is 0 Å². The summed E-state index contributed by atoms with van der Waals surface area (Å²) in [4.78, 5) is 24.3. The van der Waals surface area contributed by atoms with Gasteiger partial charge in [-0.15, -0.1) is 0 Å². The van der Waals surface area contributed by atoms with E-state index >= 15 is 0 Å². The Morgan fingerprint density at radius 1 is 1.11 bits per heavy atom. The van der Waals surface area contributed by atoms with Gasteiger partial charge in [-0.2, -0.15) is 13.2 Å². The minimum absolute atomic E-state index is 0.0860. The average molecular weight is 381 g/mol. The standard InChI is InChI=1S/C17H18F3N5O2/c18-17(19,20)12-27-14-3-1-13(2-4-14)23-16(26)25-9-7-24(8-10-25)15-11-21-5-6-22-15/h1-6,11H,7-10,12H2,(H,23,26). The number of benzene rings is 1. The van der Waals surface area contributed by atoms with Crippen molar-refractivity contribution in [2.45, 2.75) is 6.18 Å². The molecule has 0 bridgehead atoms. The molecule has 2 aromatic rings. The molecule has 1 aromatic carbocycles. The summed E-state index contributed by atoms with van der Waals surface area (Å²) in [5, 5.41) is 2.73. The number of carbonyl (C=O) groups excluding carboxylic acids is 1. The Balaban J connectivity index is 1.48. The SMILES string of the molecule is O=C(Nc1ccc(OCC(F)(F)F)cc1)N1CCN(c2cnccn2)CC1. The molecule has 0 unspecified atom stereocenters. The quantitative estimate of drug-likeness (QED) is 0.882. The molecule has 2 heterocycles. The number of nitrogens with one attached hydrogen (secondary N) is 1. The van der Waals surface area contributed by atoms with E-state index in [0.29, 0.717) is 31.9 Å². The highest BCUT2D eigenvalue weighted by Gasteiger charge is 2.28. The van der Waals surface area contributed by atoms with Crippen LogP contribution in [0.5, 0.6) is 5.75 Å². The molecule has 0 aliphatic carbocycles. The van der Waals surface area contributed by atoms with Crippen molar-refractivity contribution in [1.29, 1.82) is 0 Å². The Morgan fingerprint density at radius 2 is 1.81 bits per heavy atom. The zero-order valence-electron chi connectivity index (χ0n) is 14.3. The topological polar surface area (TPSA) is 70.6 Å². The van der Waals surface area contributed by atoms with E-state index in [1.165, 1.54) is 24.3 Å². The largest absolute Gasteiger partial charge is 0.484 e. The number of urea groups is 1. The van der Waals surface area contributed by atoms with E-state index < -0.39 is 12.8 Å². The molecule has 1 aliphatic rings. The lowest BCUT2D eigenvalue weighted by molar-refractivity contribution is -0.153. The van der Waals surface area contributed by atoms with Crippen LogP contribution >= 0.6 is 0 Å². The predicted molar refractivity (Wildman–Crippen MR) is 92.8 cm³/mol. The number of aromatic nitrogens is 2. The second kappa shape index (κ2) is 8.11. The van der Waals surface area contributed by atoms with Crippen molar-refractivity contribution >= 4 is 17.5 Å². The molecule has 1 N–H and O–H groups in total. The number of nitrogens with zero attached hydrogens (tertiary/aromatic N) is 4. The van der Waals surface area contributed by atoms with E-state index in [4.69, 9.17) is 0 Å². The summed E-state index contributed by atoms with van der Waals surface area (Å²) < 4.78 is 41.0. The lowest BCUT2D eigenvalue weighted by Crippen LogP contribution is -2.50. The molecule has 0 atom stereocenters. The van der Waals surface area contributed by atoms with E-state index in [2.05, 4.69) is 20.0 Å². The summed E-state index contributed by atoms with van der Waals surface area (Å²) in [6, 6.07) is 5.50. The van der Waals surface area contributed by atoms with Crippen molar-refractivity contribution in [2.24, 2.45) is 0 Å². The van der Waals surface area contributed by atoms with E-state index in [1.54, 1.807) is 23.5 Å². The van der Waals surface area contributed by atoms with Crippen molar-refractivity contribution in [3.05, 3.63) is 42.9 Å². The van der Waals surface area contributed by atoms with E-state index in [1.807, 2.05) is 4.90 Å². The van der Waals surface area contributed by atoms with Crippen LogP contribution in [0.4, 0.5) is 29.5 Å². The highest BCUT2D eigenvalue weighted by molar-refractivity contribution is 5.89. The van der Waals surface area contributed by atoms with Gasteiger partial charge in [-0.3, -0.25) is 4.98 Å². The highest BCUT2D eigenvalue weighted by atomic mass is 19.4. The Labute approximate surface area is 153 Å². The average Bonchev–Trinajstić information content (AvgIpc) is 2.68. The Bertz CT molecular complexity index is 747. The second-order valence-corrected chi connectivity index (χ2v) is 5.90. The number of carbonyl (C=O) groups is 1. The summed E-state index contributed by atoms with van der Waals surface area (Å²) in [5.41, 5.74) is 0.482. The fraction of sp³-hybridized carbons (Fsp3) is 0.353. The molecule has 0 radical (unpaired) electrons. The monoisotopic (exact) mass is 381 g/mol. The van der Waals surface area contributed by atoms with E-state index in [-0.39, 0.29) is 11.8 Å². The number of amides is 2. The minimum atomic E-state index is -4.39. The molecule has 1 fully saturated rings. The maximum atomic E-state index is 12.3. The van der Waals surface area contributed by atoms with Crippen LogP contribution in [0.3, 0.4) is 0 Å². The van der Waals surface area contributed by atoms with Gasteiger partial charge in [0.05, 0.1) is 6.20 Å². The van der Waals surface area contributed by atoms with Crippen molar-refractivity contribution in [1.82, 2.24) is 14.9 Å². The summed E-state index contributed by atoms with van der Waals surface area (Å²) in [6.07, 6.45) is 0.516. The Hall–Kier alpha value is -3.04. The van der Waals surface area contributed by atoms with E-state index in [9.17, 15) is 18.0 Å². The number of anilines is 2. The zero-order chi connectivity index (χ0) is 19.3. The van der Waals surface area contributed by atoms with Crippen LogP contribution in [0.25, 0.3) is 0 Å². The van der Waals surface area contributed by atoms with Crippen molar-refractivity contribution < 1.29 is 22.7 Å².